The third-order valence-corrected chi connectivity index (χ3v) is 9.15. The fourth-order valence-electron chi connectivity index (χ4n) is 6.78. The van der Waals surface area contributed by atoms with Crippen LogP contribution < -0.4 is 4.74 Å². The van der Waals surface area contributed by atoms with E-state index in [4.69, 9.17) is 9.84 Å². The van der Waals surface area contributed by atoms with Crippen LogP contribution in [0.4, 0.5) is 13.2 Å². The van der Waals surface area contributed by atoms with Gasteiger partial charge in [-0.25, -0.2) is 4.98 Å². The van der Waals surface area contributed by atoms with Gasteiger partial charge in [-0.1, -0.05) is 88.0 Å². The summed E-state index contributed by atoms with van der Waals surface area (Å²) in [5.74, 6) is 1.02. The number of hydrogen-bond donors (Lipinski definition) is 0. The Hall–Kier alpha value is -4.68. The van der Waals surface area contributed by atoms with E-state index in [0.29, 0.717) is 17.0 Å². The molecule has 9 heteroatoms. The molecule has 3 aromatic heterocycles. The maximum atomic E-state index is 13.7. The van der Waals surface area contributed by atoms with Crippen molar-refractivity contribution >= 4 is 21.8 Å². The maximum Gasteiger partial charge on any atom is 2.00 e. The number of aryl methyl sites for hydroxylation is 2. The molecule has 0 aliphatic rings. The zero-order chi connectivity index (χ0) is 35.5. The molecule has 5 nitrogen and oxygen atoms in total. The molecule has 0 amide bonds. The first-order chi connectivity index (χ1) is 24.8. The third-order valence-electron chi connectivity index (χ3n) is 9.15. The van der Waals surface area contributed by atoms with Gasteiger partial charge in [0.05, 0.1) is 11.3 Å². The van der Waals surface area contributed by atoms with E-state index < -0.39 is 11.7 Å². The second kappa shape index (κ2) is 15.9. The normalized spacial score (nSPS) is 11.7. The molecule has 0 saturated carbocycles. The Kier molecular flexibility index (Phi) is 11.3. The smallest absolute Gasteiger partial charge is 0.509 e. The van der Waals surface area contributed by atoms with Crippen molar-refractivity contribution in [2.24, 2.45) is 0 Å². The van der Waals surface area contributed by atoms with Gasteiger partial charge < -0.3 is 9.30 Å². The van der Waals surface area contributed by atoms with Crippen molar-refractivity contribution < 1.29 is 39.0 Å². The Bertz CT molecular complexity index is 2310. The van der Waals surface area contributed by atoms with E-state index in [0.717, 1.165) is 90.4 Å². The number of alkyl halides is 3. The number of unbranched alkanes of at least 4 members (excludes halogenated alkanes) is 1. The molecule has 7 aromatic rings. The van der Waals surface area contributed by atoms with Crippen molar-refractivity contribution in [2.45, 2.75) is 71.9 Å². The van der Waals surface area contributed by atoms with Crippen molar-refractivity contribution in [1.29, 1.82) is 0 Å². The van der Waals surface area contributed by atoms with Crippen LogP contribution in [0, 0.1) is 12.1 Å². The van der Waals surface area contributed by atoms with Gasteiger partial charge in [-0.3, -0.25) is 4.68 Å². The van der Waals surface area contributed by atoms with Crippen LogP contribution in [0.5, 0.6) is 11.5 Å². The monoisotopic (exact) mass is 879 g/mol. The molecule has 0 aliphatic carbocycles. The summed E-state index contributed by atoms with van der Waals surface area (Å²) in [6.07, 6.45) is 3.63. The van der Waals surface area contributed by atoms with Crippen molar-refractivity contribution in [2.75, 3.05) is 0 Å². The van der Waals surface area contributed by atoms with E-state index in [1.54, 1.807) is 4.57 Å². The summed E-state index contributed by atoms with van der Waals surface area (Å²) in [5, 5.41) is 6.87. The molecule has 3 heterocycles. The van der Waals surface area contributed by atoms with Gasteiger partial charge in [0.2, 0.25) is 0 Å². The molecule has 4 aromatic carbocycles. The minimum atomic E-state index is -4.50. The molecule has 0 aliphatic heterocycles. The van der Waals surface area contributed by atoms with Gasteiger partial charge in [0.1, 0.15) is 5.82 Å². The summed E-state index contributed by atoms with van der Waals surface area (Å²) >= 11 is 0. The number of nitrogens with zero attached hydrogens (tertiary/aromatic N) is 4. The summed E-state index contributed by atoms with van der Waals surface area (Å²) in [5.41, 5.74) is 7.22. The van der Waals surface area contributed by atoms with Crippen molar-refractivity contribution in [3.05, 3.63) is 132 Å². The topological polar surface area (TPSA) is 44.9 Å². The largest absolute Gasteiger partial charge is 2.00 e. The van der Waals surface area contributed by atoms with Crippen LogP contribution >= 0.6 is 0 Å². The Morgan fingerprint density at radius 3 is 2.27 bits per heavy atom. The van der Waals surface area contributed by atoms with Crippen LogP contribution in [0.25, 0.3) is 44.4 Å². The molecular formula is C43H39F3N4OPt. The molecular weight excluding hydrogens is 841 g/mol. The van der Waals surface area contributed by atoms with Crippen LogP contribution in [0.1, 0.15) is 69.0 Å². The first-order valence-electron chi connectivity index (χ1n) is 17.7. The fourth-order valence-corrected chi connectivity index (χ4v) is 6.78. The van der Waals surface area contributed by atoms with E-state index in [9.17, 15) is 13.2 Å². The molecule has 0 radical (unpaired) electrons. The zero-order valence-electron chi connectivity index (χ0n) is 29.3. The van der Waals surface area contributed by atoms with Crippen LogP contribution in [0.15, 0.2) is 97.2 Å². The molecule has 0 saturated heterocycles. The van der Waals surface area contributed by atoms with Gasteiger partial charge in [0.25, 0.3) is 0 Å². The predicted octanol–water partition coefficient (Wildman–Crippen LogP) is 11.7. The molecule has 268 valence electrons. The van der Waals surface area contributed by atoms with Crippen LogP contribution in [-0.4, -0.2) is 19.3 Å². The minimum absolute atomic E-state index is 0. The third kappa shape index (κ3) is 7.45. The van der Waals surface area contributed by atoms with Crippen LogP contribution in [0.2, 0.25) is 0 Å². The summed E-state index contributed by atoms with van der Waals surface area (Å²) < 4.78 is 51.2. The number of rotatable bonds is 12. The van der Waals surface area contributed by atoms with Gasteiger partial charge in [-0.05, 0) is 66.1 Å². The number of fused-ring (bicyclic) bond motifs is 3. The standard InChI is InChI=1S/C43H39F3N4O.Pt/c1-4-7-16-39-42(30-20-18-29(11-5-2)19-21-30)37(12-6-3)48-50(39)32-13-10-14-33(27-32)51-34-22-23-36-35-15-8-9-17-38(35)49(40(36)28-34)41-26-31(24-25-47-41)43(44,45)46;/h8-10,13-15,17-26H,4-7,11-12,16H2,1-3H3;/q-2;+2. The zero-order valence-corrected chi connectivity index (χ0v) is 31.6. The van der Waals surface area contributed by atoms with E-state index in [1.807, 2.05) is 59.3 Å². The van der Waals surface area contributed by atoms with Gasteiger partial charge in [0, 0.05) is 34.5 Å². The molecule has 0 unspecified atom stereocenters. The minimum Gasteiger partial charge on any atom is -0.509 e. The fraction of sp³-hybridized carbons (Fsp3) is 0.256. The van der Waals surface area contributed by atoms with Gasteiger partial charge in [-0.15, -0.1) is 35.7 Å². The van der Waals surface area contributed by atoms with E-state index in [-0.39, 0.29) is 26.9 Å². The van der Waals surface area contributed by atoms with Crippen molar-refractivity contribution in [3.8, 4) is 34.1 Å². The van der Waals surface area contributed by atoms with E-state index in [1.165, 1.54) is 22.9 Å². The van der Waals surface area contributed by atoms with Gasteiger partial charge in [0.15, 0.2) is 0 Å². The second-order valence-electron chi connectivity index (χ2n) is 12.8. The number of halogens is 3. The number of para-hydroxylation sites is 1. The first kappa shape index (κ1) is 37.1. The molecule has 52 heavy (non-hydrogen) atoms. The van der Waals surface area contributed by atoms with E-state index >= 15 is 0 Å². The molecule has 0 bridgehead atoms. The summed E-state index contributed by atoms with van der Waals surface area (Å²) in [7, 11) is 0. The maximum absolute atomic E-state index is 13.7. The molecule has 0 fully saturated rings. The second-order valence-corrected chi connectivity index (χ2v) is 12.8. The average molecular weight is 880 g/mol. The van der Waals surface area contributed by atoms with Gasteiger partial charge in [-0.2, -0.15) is 30.4 Å². The number of benzene rings is 4. The SMILES string of the molecule is CCCCc1c(-c2ccc(CCC)cc2)c(CCC)nn1-c1[c-]c(Oc2[c-]c3c(cc2)c2ccccc2n3-c2cc(C(F)(F)F)ccn2)ccc1.[Pt+2]. The Morgan fingerprint density at radius 2 is 1.52 bits per heavy atom. The quantitative estimate of drug-likeness (QED) is 0.115. The molecule has 7 rings (SSSR count). The van der Waals surface area contributed by atoms with Crippen molar-refractivity contribution in [1.82, 2.24) is 19.3 Å². The summed E-state index contributed by atoms with van der Waals surface area (Å²) in [4.78, 5) is 4.33. The van der Waals surface area contributed by atoms with Crippen LogP contribution in [0.3, 0.4) is 0 Å². The Labute approximate surface area is 316 Å². The number of pyridine rings is 1. The Morgan fingerprint density at radius 1 is 0.750 bits per heavy atom. The first-order valence-corrected chi connectivity index (χ1v) is 17.7. The number of hydrogen-bond acceptors (Lipinski definition) is 3. The van der Waals surface area contributed by atoms with Crippen LogP contribution in [-0.2, 0) is 46.5 Å². The number of ether oxygens (including phenoxy) is 1. The molecule has 0 N–H and O–H groups in total. The number of aromatic nitrogens is 4. The van der Waals surface area contributed by atoms with Crippen molar-refractivity contribution in [3.63, 3.8) is 0 Å². The molecule has 0 atom stereocenters. The van der Waals surface area contributed by atoms with Gasteiger partial charge >= 0.3 is 27.2 Å². The summed E-state index contributed by atoms with van der Waals surface area (Å²) in [6, 6.07) is 34.8. The predicted molar refractivity (Wildman–Crippen MR) is 197 cm³/mol. The van der Waals surface area contributed by atoms with E-state index in [2.05, 4.69) is 62.2 Å². The Balaban J connectivity index is 0.00000464. The molecule has 0 spiro atoms. The average Bonchev–Trinajstić information content (AvgIpc) is 3.66. The summed E-state index contributed by atoms with van der Waals surface area (Å²) in [6.45, 7) is 6.57.